The standard InChI is InChI=1S/C28H23F2NO5/c1-2-13-35-26-16-24(30)23(29)15-22(26)19-8-10-21(11-9-19)36-17-18-5-3-6-20(14-18)27(32)31-12-4-7-25(31)28(33)34/h1,3,5-6,8-11,14-16,25H,4,7,12-13,17H2,(H,33,34)/t25-/m0/s1. The normalized spacial score (nSPS) is 14.8. The number of nitrogens with zero attached hydrogens (tertiary/aromatic N) is 1. The highest BCUT2D eigenvalue weighted by atomic mass is 19.2. The molecule has 1 N–H and O–H groups in total. The van der Waals surface area contributed by atoms with Crippen LogP contribution in [0.1, 0.15) is 28.8 Å². The van der Waals surface area contributed by atoms with Gasteiger partial charge in [-0.05, 0) is 54.3 Å². The van der Waals surface area contributed by atoms with Crippen molar-refractivity contribution in [1.29, 1.82) is 0 Å². The van der Waals surface area contributed by atoms with Crippen LogP contribution >= 0.6 is 0 Å². The Balaban J connectivity index is 1.45. The molecule has 0 spiro atoms. The van der Waals surface area contributed by atoms with Crippen molar-refractivity contribution in [3.05, 3.63) is 83.4 Å². The Labute approximate surface area is 207 Å². The zero-order valence-corrected chi connectivity index (χ0v) is 19.2. The molecule has 6 nitrogen and oxygen atoms in total. The molecule has 3 aromatic carbocycles. The SMILES string of the molecule is C#CCOc1cc(F)c(F)cc1-c1ccc(OCc2cccc(C(=O)N3CCC[C@H]3C(=O)O)c2)cc1. The van der Waals surface area contributed by atoms with E-state index in [0.29, 0.717) is 41.8 Å². The summed E-state index contributed by atoms with van der Waals surface area (Å²) in [6.45, 7) is 0.496. The summed E-state index contributed by atoms with van der Waals surface area (Å²) < 4.78 is 38.7. The minimum atomic E-state index is -1.03. The van der Waals surface area contributed by atoms with Gasteiger partial charge in [0.2, 0.25) is 0 Å². The lowest BCUT2D eigenvalue weighted by Gasteiger charge is -2.21. The number of carboxylic acids is 1. The van der Waals surface area contributed by atoms with E-state index >= 15 is 0 Å². The number of rotatable bonds is 8. The van der Waals surface area contributed by atoms with E-state index in [4.69, 9.17) is 15.9 Å². The van der Waals surface area contributed by atoms with Crippen LogP contribution in [0, 0.1) is 24.0 Å². The molecule has 3 aromatic rings. The number of amides is 1. The predicted molar refractivity (Wildman–Crippen MR) is 129 cm³/mol. The Hall–Kier alpha value is -4.38. The van der Waals surface area contributed by atoms with Crippen molar-refractivity contribution in [2.75, 3.05) is 13.2 Å². The highest BCUT2D eigenvalue weighted by Crippen LogP contribution is 2.33. The lowest BCUT2D eigenvalue weighted by molar-refractivity contribution is -0.141. The molecule has 1 fully saturated rings. The van der Waals surface area contributed by atoms with Gasteiger partial charge >= 0.3 is 5.97 Å². The molecular weight excluding hydrogens is 468 g/mol. The predicted octanol–water partition coefficient (Wildman–Crippen LogP) is 4.91. The highest BCUT2D eigenvalue weighted by molar-refractivity contribution is 5.97. The number of ether oxygens (including phenoxy) is 2. The van der Waals surface area contributed by atoms with Crippen molar-refractivity contribution in [2.24, 2.45) is 0 Å². The van der Waals surface area contributed by atoms with Crippen LogP contribution in [-0.2, 0) is 11.4 Å². The maximum absolute atomic E-state index is 13.9. The van der Waals surface area contributed by atoms with Gasteiger partial charge < -0.3 is 19.5 Å². The summed E-state index contributed by atoms with van der Waals surface area (Å²) in [5.74, 6) is -0.405. The molecule has 1 aliphatic rings. The molecule has 184 valence electrons. The van der Waals surface area contributed by atoms with E-state index in [1.54, 1.807) is 48.5 Å². The third kappa shape index (κ3) is 5.47. The average molecular weight is 491 g/mol. The second-order valence-corrected chi connectivity index (χ2v) is 8.26. The summed E-state index contributed by atoms with van der Waals surface area (Å²) in [6, 6.07) is 14.8. The van der Waals surface area contributed by atoms with Gasteiger partial charge in [0, 0.05) is 23.7 Å². The molecule has 1 saturated heterocycles. The molecule has 1 amide bonds. The molecule has 1 atom stereocenters. The second-order valence-electron chi connectivity index (χ2n) is 8.26. The van der Waals surface area contributed by atoms with Crippen molar-refractivity contribution in [1.82, 2.24) is 4.90 Å². The van der Waals surface area contributed by atoms with Crippen LogP contribution in [0.25, 0.3) is 11.1 Å². The van der Waals surface area contributed by atoms with Gasteiger partial charge in [-0.1, -0.05) is 30.2 Å². The summed E-state index contributed by atoms with van der Waals surface area (Å²) in [5, 5.41) is 9.35. The Morgan fingerprint density at radius 2 is 1.81 bits per heavy atom. The highest BCUT2D eigenvalue weighted by Gasteiger charge is 2.34. The first-order chi connectivity index (χ1) is 17.4. The summed E-state index contributed by atoms with van der Waals surface area (Å²) in [4.78, 5) is 25.7. The molecule has 0 saturated carbocycles. The fourth-order valence-electron chi connectivity index (χ4n) is 4.12. The van der Waals surface area contributed by atoms with Crippen molar-refractivity contribution >= 4 is 11.9 Å². The van der Waals surface area contributed by atoms with Crippen molar-refractivity contribution in [3.63, 3.8) is 0 Å². The topological polar surface area (TPSA) is 76.1 Å². The molecule has 1 heterocycles. The van der Waals surface area contributed by atoms with Crippen molar-refractivity contribution in [2.45, 2.75) is 25.5 Å². The maximum Gasteiger partial charge on any atom is 0.326 e. The molecular formula is C28H23F2NO5. The number of terminal acetylenes is 1. The minimum absolute atomic E-state index is 0.0877. The van der Waals surface area contributed by atoms with E-state index < -0.39 is 23.6 Å². The summed E-state index contributed by atoms with van der Waals surface area (Å²) in [5.41, 5.74) is 2.07. The summed E-state index contributed by atoms with van der Waals surface area (Å²) in [7, 11) is 0. The van der Waals surface area contributed by atoms with E-state index in [9.17, 15) is 23.5 Å². The van der Waals surface area contributed by atoms with Crippen molar-refractivity contribution < 1.29 is 33.0 Å². The average Bonchev–Trinajstić information content (AvgIpc) is 3.38. The van der Waals surface area contributed by atoms with E-state index in [1.165, 1.54) is 4.90 Å². The van der Waals surface area contributed by atoms with Crippen LogP contribution in [0.3, 0.4) is 0 Å². The van der Waals surface area contributed by atoms with Gasteiger partial charge in [0.15, 0.2) is 11.6 Å². The Bertz CT molecular complexity index is 1320. The zero-order chi connectivity index (χ0) is 25.7. The Morgan fingerprint density at radius 3 is 2.53 bits per heavy atom. The van der Waals surface area contributed by atoms with Crippen molar-refractivity contribution in [3.8, 4) is 35.0 Å². The molecule has 4 rings (SSSR count). The number of hydrogen-bond acceptors (Lipinski definition) is 4. The molecule has 0 aliphatic carbocycles. The maximum atomic E-state index is 13.9. The number of hydrogen-bond donors (Lipinski definition) is 1. The van der Waals surface area contributed by atoms with Crippen LogP contribution in [0.15, 0.2) is 60.7 Å². The third-order valence-electron chi connectivity index (χ3n) is 5.88. The second kappa shape index (κ2) is 10.9. The summed E-state index contributed by atoms with van der Waals surface area (Å²) in [6.07, 6.45) is 6.31. The van der Waals surface area contributed by atoms with Gasteiger partial charge in [-0.25, -0.2) is 13.6 Å². The first-order valence-electron chi connectivity index (χ1n) is 11.3. The largest absolute Gasteiger partial charge is 0.489 e. The molecule has 0 unspecified atom stereocenters. The van der Waals surface area contributed by atoms with E-state index in [-0.39, 0.29) is 24.9 Å². The molecule has 0 bridgehead atoms. The number of halogens is 2. The lowest BCUT2D eigenvalue weighted by atomic mass is 10.0. The minimum Gasteiger partial charge on any atom is -0.489 e. The number of aliphatic carboxylic acids is 1. The number of benzene rings is 3. The molecule has 0 radical (unpaired) electrons. The van der Waals surface area contributed by atoms with Gasteiger partial charge in [0.1, 0.15) is 30.8 Å². The van der Waals surface area contributed by atoms with Crippen LogP contribution in [0.5, 0.6) is 11.5 Å². The monoisotopic (exact) mass is 491 g/mol. The van der Waals surface area contributed by atoms with Gasteiger partial charge in [0.25, 0.3) is 5.91 Å². The lowest BCUT2D eigenvalue weighted by Crippen LogP contribution is -2.40. The van der Waals surface area contributed by atoms with Crippen LogP contribution in [0.4, 0.5) is 8.78 Å². The summed E-state index contributed by atoms with van der Waals surface area (Å²) >= 11 is 0. The molecule has 8 heteroatoms. The fraction of sp³-hybridized carbons (Fsp3) is 0.214. The first kappa shape index (κ1) is 24.7. The van der Waals surface area contributed by atoms with E-state index in [2.05, 4.69) is 5.92 Å². The van der Waals surface area contributed by atoms with Gasteiger partial charge in [-0.3, -0.25) is 4.79 Å². The van der Waals surface area contributed by atoms with Gasteiger partial charge in [0.05, 0.1) is 0 Å². The van der Waals surface area contributed by atoms with E-state index in [0.717, 1.165) is 17.7 Å². The number of carbonyl (C=O) groups is 2. The zero-order valence-electron chi connectivity index (χ0n) is 19.2. The van der Waals surface area contributed by atoms with Gasteiger partial charge in [-0.2, -0.15) is 0 Å². The molecule has 1 aliphatic heterocycles. The Morgan fingerprint density at radius 1 is 1.06 bits per heavy atom. The van der Waals surface area contributed by atoms with E-state index in [1.807, 2.05) is 0 Å². The quantitative estimate of drug-likeness (QED) is 0.453. The number of carboxylic acid groups (broad SMARTS) is 1. The Kier molecular flexibility index (Phi) is 7.50. The smallest absolute Gasteiger partial charge is 0.326 e. The van der Waals surface area contributed by atoms with Crippen LogP contribution in [-0.4, -0.2) is 41.1 Å². The molecule has 0 aromatic heterocycles. The number of likely N-dealkylation sites (tertiary alicyclic amines) is 1. The fourth-order valence-corrected chi connectivity index (χ4v) is 4.12. The number of carbonyl (C=O) groups excluding carboxylic acids is 1. The van der Waals surface area contributed by atoms with Crippen LogP contribution < -0.4 is 9.47 Å². The first-order valence-corrected chi connectivity index (χ1v) is 11.3. The van der Waals surface area contributed by atoms with Gasteiger partial charge in [-0.15, -0.1) is 6.42 Å². The van der Waals surface area contributed by atoms with Crippen LogP contribution in [0.2, 0.25) is 0 Å². The molecule has 36 heavy (non-hydrogen) atoms. The third-order valence-corrected chi connectivity index (χ3v) is 5.88.